The van der Waals surface area contributed by atoms with Crippen LogP contribution >= 0.6 is 27.5 Å². The van der Waals surface area contributed by atoms with Crippen molar-refractivity contribution >= 4 is 33.4 Å². The van der Waals surface area contributed by atoms with Gasteiger partial charge in [-0.2, -0.15) is 9.98 Å². The van der Waals surface area contributed by atoms with Gasteiger partial charge in [-0.15, -0.1) is 0 Å². The Balaban J connectivity index is 1.84. The molecule has 132 valence electrons. The van der Waals surface area contributed by atoms with E-state index in [2.05, 4.69) is 25.9 Å². The van der Waals surface area contributed by atoms with Crippen LogP contribution in [0.4, 0.5) is 0 Å². The molecule has 0 fully saturated rings. The summed E-state index contributed by atoms with van der Waals surface area (Å²) < 4.78 is 2.99. The lowest BCUT2D eigenvalue weighted by atomic mass is 10.2. The van der Waals surface area contributed by atoms with Crippen molar-refractivity contribution in [2.45, 2.75) is 0 Å². The van der Waals surface area contributed by atoms with Gasteiger partial charge in [0, 0.05) is 15.6 Å². The molecule has 0 spiro atoms. The monoisotopic (exact) mass is 435 g/mol. The van der Waals surface area contributed by atoms with Gasteiger partial charge in [-0.25, -0.2) is 3.96 Å². The maximum absolute atomic E-state index is 12.4. The highest BCUT2D eigenvalue weighted by molar-refractivity contribution is 9.10. The van der Waals surface area contributed by atoms with Gasteiger partial charge in [-0.3, -0.25) is 4.79 Å². The van der Waals surface area contributed by atoms with E-state index in [1.165, 1.54) is 11.5 Å². The molecule has 27 heavy (non-hydrogen) atoms. The molecule has 3 aromatic carbocycles. The Morgan fingerprint density at radius 3 is 2.19 bits per heavy atom. The van der Waals surface area contributed by atoms with E-state index in [9.17, 15) is 4.79 Å². The highest BCUT2D eigenvalue weighted by Crippen LogP contribution is 2.23. The number of amides is 1. The SMILES string of the molecule is O=C(N=c1nc(-c2ccccc2)n(-c2ccc(Br)cc2)s1)c1ccccc1. The van der Waals surface area contributed by atoms with Crippen molar-refractivity contribution in [1.82, 2.24) is 8.94 Å². The molecule has 4 nitrogen and oxygen atoms in total. The van der Waals surface area contributed by atoms with Gasteiger partial charge in [0.1, 0.15) is 0 Å². The summed E-state index contributed by atoms with van der Waals surface area (Å²) in [5, 5.41) is 0. The van der Waals surface area contributed by atoms with Gasteiger partial charge in [-0.1, -0.05) is 64.5 Å². The van der Waals surface area contributed by atoms with Crippen LogP contribution < -0.4 is 4.80 Å². The van der Waals surface area contributed by atoms with Gasteiger partial charge in [0.05, 0.1) is 5.69 Å². The van der Waals surface area contributed by atoms with E-state index in [0.29, 0.717) is 10.4 Å². The van der Waals surface area contributed by atoms with E-state index < -0.39 is 0 Å². The normalized spacial score (nSPS) is 11.5. The minimum atomic E-state index is -0.299. The molecule has 0 radical (unpaired) electrons. The zero-order valence-electron chi connectivity index (χ0n) is 14.1. The van der Waals surface area contributed by atoms with Crippen LogP contribution in [0.25, 0.3) is 17.1 Å². The number of nitrogens with zero attached hydrogens (tertiary/aromatic N) is 3. The molecule has 0 bridgehead atoms. The van der Waals surface area contributed by atoms with Crippen LogP contribution in [0.5, 0.6) is 0 Å². The third-order valence-electron chi connectivity index (χ3n) is 3.88. The van der Waals surface area contributed by atoms with Crippen molar-refractivity contribution in [1.29, 1.82) is 0 Å². The van der Waals surface area contributed by atoms with Crippen molar-refractivity contribution < 1.29 is 4.79 Å². The second-order valence-corrected chi connectivity index (χ2v) is 7.56. The Labute approximate surface area is 168 Å². The summed E-state index contributed by atoms with van der Waals surface area (Å²) in [5.74, 6) is 0.453. The zero-order chi connectivity index (χ0) is 18.6. The Morgan fingerprint density at radius 1 is 0.889 bits per heavy atom. The molecule has 1 aromatic heterocycles. The largest absolute Gasteiger partial charge is 0.279 e. The van der Waals surface area contributed by atoms with E-state index in [1.54, 1.807) is 12.1 Å². The molecule has 0 aliphatic carbocycles. The number of hydrogen-bond donors (Lipinski definition) is 0. The molecular weight excluding hydrogens is 422 g/mol. The van der Waals surface area contributed by atoms with E-state index in [4.69, 9.17) is 0 Å². The van der Waals surface area contributed by atoms with E-state index in [1.807, 2.05) is 76.8 Å². The van der Waals surface area contributed by atoms with Crippen LogP contribution in [-0.2, 0) is 0 Å². The third-order valence-corrected chi connectivity index (χ3v) is 5.32. The van der Waals surface area contributed by atoms with Gasteiger partial charge in [0.25, 0.3) is 5.91 Å². The van der Waals surface area contributed by atoms with Gasteiger partial charge >= 0.3 is 0 Å². The highest BCUT2D eigenvalue weighted by Gasteiger charge is 2.12. The quantitative estimate of drug-likeness (QED) is 0.449. The van der Waals surface area contributed by atoms with Crippen molar-refractivity contribution in [3.05, 3.63) is 99.8 Å². The van der Waals surface area contributed by atoms with Gasteiger partial charge < -0.3 is 0 Å². The maximum Gasteiger partial charge on any atom is 0.279 e. The number of carbonyl (C=O) groups is 1. The van der Waals surface area contributed by atoms with Crippen LogP contribution in [0.1, 0.15) is 10.4 Å². The van der Waals surface area contributed by atoms with Crippen LogP contribution in [-0.4, -0.2) is 14.8 Å². The number of halogens is 1. The summed E-state index contributed by atoms with van der Waals surface area (Å²) in [5.41, 5.74) is 2.47. The minimum Gasteiger partial charge on any atom is -0.267 e. The molecule has 4 rings (SSSR count). The Hall–Kier alpha value is -2.83. The van der Waals surface area contributed by atoms with Crippen molar-refractivity contribution in [3.8, 4) is 17.1 Å². The zero-order valence-corrected chi connectivity index (χ0v) is 16.5. The lowest BCUT2D eigenvalue weighted by Crippen LogP contribution is -2.05. The first-order chi connectivity index (χ1) is 13.2. The summed E-state index contributed by atoms with van der Waals surface area (Å²) in [7, 11) is 0. The van der Waals surface area contributed by atoms with Gasteiger partial charge in [0.15, 0.2) is 5.82 Å². The molecule has 1 heterocycles. The lowest BCUT2D eigenvalue weighted by molar-refractivity contribution is 0.0998. The van der Waals surface area contributed by atoms with Crippen molar-refractivity contribution in [2.75, 3.05) is 0 Å². The number of aromatic nitrogens is 2. The second kappa shape index (κ2) is 7.82. The topological polar surface area (TPSA) is 47.2 Å². The fraction of sp³-hybridized carbons (Fsp3) is 0. The first-order valence-corrected chi connectivity index (χ1v) is 9.83. The lowest BCUT2D eigenvalue weighted by Gasteiger charge is -2.06. The number of carbonyl (C=O) groups excluding carboxylic acids is 1. The molecule has 6 heteroatoms. The van der Waals surface area contributed by atoms with E-state index in [0.717, 1.165) is 21.5 Å². The summed E-state index contributed by atoms with van der Waals surface area (Å²) >= 11 is 4.80. The Morgan fingerprint density at radius 2 is 1.52 bits per heavy atom. The average molecular weight is 436 g/mol. The fourth-order valence-electron chi connectivity index (χ4n) is 2.58. The number of rotatable bonds is 3. The predicted molar refractivity (Wildman–Crippen MR) is 111 cm³/mol. The maximum atomic E-state index is 12.4. The first-order valence-electron chi connectivity index (χ1n) is 8.26. The standard InChI is InChI=1S/C21H14BrN3OS/c22-17-11-13-18(14-12-17)25-19(15-7-3-1-4-8-15)23-21(27-25)24-20(26)16-9-5-2-6-10-16/h1-14H. The molecule has 0 atom stereocenters. The predicted octanol–water partition coefficient (Wildman–Crippen LogP) is 5.10. The Kier molecular flexibility index (Phi) is 5.09. The molecule has 0 saturated heterocycles. The molecule has 0 aliphatic heterocycles. The molecular formula is C21H14BrN3OS. The molecule has 0 unspecified atom stereocenters. The summed E-state index contributed by atoms with van der Waals surface area (Å²) in [4.78, 5) is 21.7. The van der Waals surface area contributed by atoms with Crippen molar-refractivity contribution in [2.24, 2.45) is 4.99 Å². The molecule has 1 amide bonds. The second-order valence-electron chi connectivity index (χ2n) is 5.73. The van der Waals surface area contributed by atoms with Gasteiger partial charge in [-0.05, 0) is 47.9 Å². The van der Waals surface area contributed by atoms with Crippen molar-refractivity contribution in [3.63, 3.8) is 0 Å². The van der Waals surface area contributed by atoms with Crippen LogP contribution in [0.15, 0.2) is 94.4 Å². The van der Waals surface area contributed by atoms with E-state index in [-0.39, 0.29) is 5.91 Å². The number of hydrogen-bond acceptors (Lipinski definition) is 3. The first kappa shape index (κ1) is 17.6. The summed E-state index contributed by atoms with van der Waals surface area (Å²) in [6, 6.07) is 26.8. The molecule has 0 aliphatic rings. The smallest absolute Gasteiger partial charge is 0.267 e. The third kappa shape index (κ3) is 3.97. The minimum absolute atomic E-state index is 0.299. The summed E-state index contributed by atoms with van der Waals surface area (Å²) in [6.07, 6.45) is 0. The fourth-order valence-corrected chi connectivity index (χ4v) is 3.72. The summed E-state index contributed by atoms with van der Waals surface area (Å²) in [6.45, 7) is 0. The highest BCUT2D eigenvalue weighted by atomic mass is 79.9. The van der Waals surface area contributed by atoms with Crippen LogP contribution in [0.3, 0.4) is 0 Å². The molecule has 0 N–H and O–H groups in total. The molecule has 0 saturated carbocycles. The van der Waals surface area contributed by atoms with E-state index >= 15 is 0 Å². The van der Waals surface area contributed by atoms with Crippen LogP contribution in [0, 0.1) is 0 Å². The van der Waals surface area contributed by atoms with Crippen LogP contribution in [0.2, 0.25) is 0 Å². The Bertz CT molecular complexity index is 1130. The number of benzene rings is 3. The van der Waals surface area contributed by atoms with Gasteiger partial charge in [0.2, 0.25) is 4.80 Å². The molecule has 4 aromatic rings. The average Bonchev–Trinajstić information content (AvgIpc) is 3.13.